The minimum atomic E-state index is -1.47. The standard InChI is InChI=1S/C9H13NO4/c1-5(10)9(2,13)7-6(8(11)12)3-4-14-7/h3-5,13H,10H2,1-2H3,(H,11,12). The van der Waals surface area contributed by atoms with Gasteiger partial charge in [0, 0.05) is 6.04 Å². The maximum Gasteiger partial charge on any atom is 0.339 e. The van der Waals surface area contributed by atoms with E-state index in [1.54, 1.807) is 6.92 Å². The lowest BCUT2D eigenvalue weighted by molar-refractivity contribution is 0.0113. The van der Waals surface area contributed by atoms with E-state index in [1.807, 2.05) is 0 Å². The molecular formula is C9H13NO4. The summed E-state index contributed by atoms with van der Waals surface area (Å²) in [7, 11) is 0. The highest BCUT2D eigenvalue weighted by atomic mass is 16.4. The fourth-order valence-electron chi connectivity index (χ4n) is 1.08. The Kier molecular flexibility index (Phi) is 2.64. The molecule has 1 rings (SSSR count). The van der Waals surface area contributed by atoms with Crippen molar-refractivity contribution in [3.8, 4) is 0 Å². The van der Waals surface area contributed by atoms with Gasteiger partial charge in [-0.25, -0.2) is 4.79 Å². The number of aromatic carboxylic acids is 1. The minimum Gasteiger partial charge on any atom is -0.478 e. The van der Waals surface area contributed by atoms with E-state index in [4.69, 9.17) is 15.3 Å². The van der Waals surface area contributed by atoms with Gasteiger partial charge in [-0.2, -0.15) is 0 Å². The Balaban J connectivity index is 3.18. The normalized spacial score (nSPS) is 17.4. The predicted molar refractivity (Wildman–Crippen MR) is 48.9 cm³/mol. The van der Waals surface area contributed by atoms with Crippen LogP contribution in [0.25, 0.3) is 0 Å². The third-order valence-corrected chi connectivity index (χ3v) is 2.24. The zero-order valence-corrected chi connectivity index (χ0v) is 8.02. The van der Waals surface area contributed by atoms with Gasteiger partial charge in [-0.3, -0.25) is 0 Å². The Morgan fingerprint density at radius 2 is 2.29 bits per heavy atom. The molecule has 0 radical (unpaired) electrons. The van der Waals surface area contributed by atoms with Gasteiger partial charge in [0.2, 0.25) is 0 Å². The Morgan fingerprint density at radius 3 is 2.71 bits per heavy atom. The summed E-state index contributed by atoms with van der Waals surface area (Å²) in [6.45, 7) is 3.00. The van der Waals surface area contributed by atoms with Crippen LogP contribution in [0.15, 0.2) is 16.7 Å². The minimum absolute atomic E-state index is 0.0139. The molecule has 1 aromatic rings. The number of carboxylic acid groups (broad SMARTS) is 1. The molecule has 0 aliphatic carbocycles. The monoisotopic (exact) mass is 199 g/mol. The van der Waals surface area contributed by atoms with Crippen LogP contribution in [0.2, 0.25) is 0 Å². The summed E-state index contributed by atoms with van der Waals surface area (Å²) in [4.78, 5) is 10.7. The molecule has 4 N–H and O–H groups in total. The van der Waals surface area contributed by atoms with Gasteiger partial charge in [0.15, 0.2) is 5.76 Å². The first-order valence-corrected chi connectivity index (χ1v) is 4.16. The third-order valence-electron chi connectivity index (χ3n) is 2.24. The molecule has 0 bridgehead atoms. The first-order valence-electron chi connectivity index (χ1n) is 4.16. The van der Waals surface area contributed by atoms with Crippen molar-refractivity contribution >= 4 is 5.97 Å². The van der Waals surface area contributed by atoms with E-state index in [0.29, 0.717) is 0 Å². The van der Waals surface area contributed by atoms with E-state index in [1.165, 1.54) is 19.3 Å². The highest BCUT2D eigenvalue weighted by molar-refractivity contribution is 5.89. The van der Waals surface area contributed by atoms with Crippen molar-refractivity contribution < 1.29 is 19.4 Å². The lowest BCUT2D eigenvalue weighted by Crippen LogP contribution is -2.41. The van der Waals surface area contributed by atoms with Crippen LogP contribution >= 0.6 is 0 Å². The number of nitrogens with two attached hydrogens (primary N) is 1. The summed E-state index contributed by atoms with van der Waals surface area (Å²) in [6.07, 6.45) is 1.22. The van der Waals surface area contributed by atoms with E-state index < -0.39 is 17.6 Å². The fourth-order valence-corrected chi connectivity index (χ4v) is 1.08. The molecule has 0 aliphatic heterocycles. The van der Waals surface area contributed by atoms with Crippen LogP contribution in [0.5, 0.6) is 0 Å². The number of carbonyl (C=O) groups is 1. The lowest BCUT2D eigenvalue weighted by atomic mass is 9.93. The summed E-state index contributed by atoms with van der Waals surface area (Å²) in [5.74, 6) is -1.16. The van der Waals surface area contributed by atoms with E-state index in [2.05, 4.69) is 0 Å². The number of furan rings is 1. The van der Waals surface area contributed by atoms with Gasteiger partial charge in [0.1, 0.15) is 11.2 Å². The SMILES string of the molecule is CC(N)C(C)(O)c1occc1C(=O)O. The molecule has 1 aromatic heterocycles. The van der Waals surface area contributed by atoms with Crippen LogP contribution in [0.1, 0.15) is 30.0 Å². The van der Waals surface area contributed by atoms with Gasteiger partial charge in [-0.1, -0.05) is 0 Å². The van der Waals surface area contributed by atoms with Crippen molar-refractivity contribution in [2.75, 3.05) is 0 Å². The van der Waals surface area contributed by atoms with Gasteiger partial charge in [-0.05, 0) is 19.9 Å². The molecule has 0 aliphatic rings. The summed E-state index contributed by atoms with van der Waals surface area (Å²) < 4.78 is 4.94. The van der Waals surface area contributed by atoms with E-state index >= 15 is 0 Å². The molecule has 0 spiro atoms. The molecule has 2 atom stereocenters. The smallest absolute Gasteiger partial charge is 0.339 e. The molecular weight excluding hydrogens is 186 g/mol. The van der Waals surface area contributed by atoms with Crippen LogP contribution in [-0.2, 0) is 5.60 Å². The van der Waals surface area contributed by atoms with Crippen molar-refractivity contribution in [3.63, 3.8) is 0 Å². The van der Waals surface area contributed by atoms with Crippen LogP contribution in [-0.4, -0.2) is 22.2 Å². The summed E-state index contributed by atoms with van der Waals surface area (Å²) in [6, 6.07) is 0.667. The average Bonchev–Trinajstić information content (AvgIpc) is 2.51. The van der Waals surface area contributed by atoms with Gasteiger partial charge in [0.25, 0.3) is 0 Å². The summed E-state index contributed by atoms with van der Waals surface area (Å²) >= 11 is 0. The number of hydrogen-bond acceptors (Lipinski definition) is 4. The van der Waals surface area contributed by atoms with Crippen molar-refractivity contribution in [2.24, 2.45) is 5.73 Å². The number of rotatable bonds is 3. The summed E-state index contributed by atoms with van der Waals surface area (Å²) in [5.41, 5.74) is 3.99. The van der Waals surface area contributed by atoms with Gasteiger partial charge in [-0.15, -0.1) is 0 Å². The van der Waals surface area contributed by atoms with Crippen LogP contribution in [0.3, 0.4) is 0 Å². The summed E-state index contributed by atoms with van der Waals surface area (Å²) in [5, 5.41) is 18.7. The Morgan fingerprint density at radius 1 is 1.71 bits per heavy atom. The molecule has 0 saturated carbocycles. The Hall–Kier alpha value is -1.33. The number of aliphatic hydroxyl groups is 1. The topological polar surface area (TPSA) is 96.7 Å². The Labute approximate surface area is 81.1 Å². The zero-order valence-electron chi connectivity index (χ0n) is 8.02. The molecule has 5 nitrogen and oxygen atoms in total. The molecule has 1 heterocycles. The van der Waals surface area contributed by atoms with E-state index in [9.17, 15) is 9.90 Å². The van der Waals surface area contributed by atoms with Crippen LogP contribution < -0.4 is 5.73 Å². The largest absolute Gasteiger partial charge is 0.478 e. The third kappa shape index (κ3) is 1.64. The highest BCUT2D eigenvalue weighted by Crippen LogP contribution is 2.27. The zero-order chi connectivity index (χ0) is 10.9. The number of hydrogen-bond donors (Lipinski definition) is 3. The molecule has 0 saturated heterocycles. The van der Waals surface area contributed by atoms with Gasteiger partial charge in [0.05, 0.1) is 6.26 Å². The molecule has 0 amide bonds. The first-order chi connectivity index (χ1) is 6.37. The Bertz CT molecular complexity index is 340. The molecule has 78 valence electrons. The van der Waals surface area contributed by atoms with Crippen molar-refractivity contribution in [1.82, 2.24) is 0 Å². The molecule has 0 aromatic carbocycles. The lowest BCUT2D eigenvalue weighted by Gasteiger charge is -2.25. The quantitative estimate of drug-likeness (QED) is 0.659. The molecule has 2 unspecified atom stereocenters. The average molecular weight is 199 g/mol. The fraction of sp³-hybridized carbons (Fsp3) is 0.444. The van der Waals surface area contributed by atoms with E-state index in [-0.39, 0.29) is 11.3 Å². The predicted octanol–water partition coefficient (Wildman–Crippen LogP) is 0.533. The second kappa shape index (κ2) is 3.43. The second-order valence-electron chi connectivity index (χ2n) is 3.40. The van der Waals surface area contributed by atoms with Crippen molar-refractivity contribution in [3.05, 3.63) is 23.7 Å². The van der Waals surface area contributed by atoms with Gasteiger partial charge < -0.3 is 20.4 Å². The molecule has 14 heavy (non-hydrogen) atoms. The maximum absolute atomic E-state index is 10.7. The van der Waals surface area contributed by atoms with Crippen molar-refractivity contribution in [1.29, 1.82) is 0 Å². The second-order valence-corrected chi connectivity index (χ2v) is 3.40. The molecule has 5 heteroatoms. The van der Waals surface area contributed by atoms with Crippen LogP contribution in [0, 0.1) is 0 Å². The first kappa shape index (κ1) is 10.7. The number of carboxylic acids is 1. The van der Waals surface area contributed by atoms with E-state index in [0.717, 1.165) is 0 Å². The highest BCUT2D eigenvalue weighted by Gasteiger charge is 2.35. The maximum atomic E-state index is 10.7. The van der Waals surface area contributed by atoms with Crippen LogP contribution in [0.4, 0.5) is 0 Å². The molecule has 0 fully saturated rings. The van der Waals surface area contributed by atoms with Gasteiger partial charge >= 0.3 is 5.97 Å². The van der Waals surface area contributed by atoms with Crippen molar-refractivity contribution in [2.45, 2.75) is 25.5 Å².